The van der Waals surface area contributed by atoms with Crippen LogP contribution in [0, 0.1) is 0 Å². The van der Waals surface area contributed by atoms with Crippen LogP contribution in [0.5, 0.6) is 0 Å². The molecule has 2 aliphatic rings. The van der Waals surface area contributed by atoms with Crippen LogP contribution >= 0.6 is 0 Å². The second-order valence-corrected chi connectivity index (χ2v) is 9.63. The quantitative estimate of drug-likeness (QED) is 0.754. The molecule has 6 nitrogen and oxygen atoms in total. The maximum Gasteiger partial charge on any atom is 0.240 e. The van der Waals surface area contributed by atoms with E-state index in [1.165, 1.54) is 19.3 Å². The zero-order valence-corrected chi connectivity index (χ0v) is 17.4. The molecule has 0 aromatic heterocycles. The highest BCUT2D eigenvalue weighted by Crippen LogP contribution is 2.33. The molecule has 27 heavy (non-hydrogen) atoms. The van der Waals surface area contributed by atoms with Gasteiger partial charge in [0.1, 0.15) is 0 Å². The summed E-state index contributed by atoms with van der Waals surface area (Å²) in [4.78, 5) is 16.3. The topological polar surface area (TPSA) is 69.7 Å². The molecular weight excluding hydrogens is 362 g/mol. The van der Waals surface area contributed by atoms with Crippen LogP contribution in [0.2, 0.25) is 0 Å². The van der Waals surface area contributed by atoms with E-state index in [0.717, 1.165) is 30.8 Å². The molecule has 0 radical (unpaired) electrons. The zero-order valence-electron chi connectivity index (χ0n) is 16.6. The van der Waals surface area contributed by atoms with Crippen molar-refractivity contribution in [2.45, 2.75) is 69.9 Å². The monoisotopic (exact) mass is 393 g/mol. The van der Waals surface area contributed by atoms with Gasteiger partial charge in [-0.1, -0.05) is 6.42 Å². The lowest BCUT2D eigenvalue weighted by atomic mass is 10.0. The van der Waals surface area contributed by atoms with Gasteiger partial charge in [-0.25, -0.2) is 13.1 Å². The lowest BCUT2D eigenvalue weighted by Crippen LogP contribution is -2.39. The summed E-state index contributed by atoms with van der Waals surface area (Å²) in [6.07, 6.45) is 5.26. The molecule has 0 spiro atoms. The van der Waals surface area contributed by atoms with Gasteiger partial charge in [0.25, 0.3) is 0 Å². The summed E-state index contributed by atoms with van der Waals surface area (Å²) in [5, 5.41) is 0. The number of sulfonamides is 1. The SMILES string of the molecule is CC(=O)N1c2ccc(S(=O)(=O)NCCCN3CCCCC3C)cc2CC1C. The van der Waals surface area contributed by atoms with Crippen molar-refractivity contribution in [2.75, 3.05) is 24.5 Å². The first kappa shape index (κ1) is 20.3. The molecule has 1 aromatic rings. The van der Waals surface area contributed by atoms with E-state index >= 15 is 0 Å². The predicted molar refractivity (Wildman–Crippen MR) is 107 cm³/mol. The Hall–Kier alpha value is -1.44. The molecule has 2 heterocycles. The summed E-state index contributed by atoms with van der Waals surface area (Å²) < 4.78 is 28.0. The van der Waals surface area contributed by atoms with Gasteiger partial charge < -0.3 is 9.80 Å². The lowest BCUT2D eigenvalue weighted by molar-refractivity contribution is -0.116. The number of piperidine rings is 1. The van der Waals surface area contributed by atoms with E-state index in [1.807, 2.05) is 6.92 Å². The van der Waals surface area contributed by atoms with Crippen molar-refractivity contribution < 1.29 is 13.2 Å². The lowest BCUT2D eigenvalue weighted by Gasteiger charge is -2.33. The Kier molecular flexibility index (Phi) is 6.23. The summed E-state index contributed by atoms with van der Waals surface area (Å²) in [5.74, 6) is -0.0121. The first-order valence-corrected chi connectivity index (χ1v) is 11.4. The van der Waals surface area contributed by atoms with Gasteiger partial charge in [0.15, 0.2) is 0 Å². The number of hydrogen-bond acceptors (Lipinski definition) is 4. The van der Waals surface area contributed by atoms with Gasteiger partial charge >= 0.3 is 0 Å². The van der Waals surface area contributed by atoms with Crippen molar-refractivity contribution in [1.82, 2.24) is 9.62 Å². The molecule has 1 fully saturated rings. The minimum atomic E-state index is -3.53. The standard InChI is InChI=1S/C20H31N3O3S/c1-15-7-4-5-11-22(15)12-6-10-21-27(25,26)19-8-9-20-18(14-19)13-16(2)23(20)17(3)24/h8-9,14-16,21H,4-7,10-13H2,1-3H3. The molecule has 0 saturated carbocycles. The Morgan fingerprint density at radius 3 is 2.70 bits per heavy atom. The molecular formula is C20H31N3O3S. The van der Waals surface area contributed by atoms with Crippen LogP contribution in [0.1, 0.15) is 52.0 Å². The van der Waals surface area contributed by atoms with Gasteiger partial charge in [0, 0.05) is 31.2 Å². The van der Waals surface area contributed by atoms with Crippen molar-refractivity contribution in [3.8, 4) is 0 Å². The molecule has 0 aliphatic carbocycles. The average molecular weight is 394 g/mol. The van der Waals surface area contributed by atoms with E-state index in [-0.39, 0.29) is 16.8 Å². The molecule has 0 bridgehead atoms. The van der Waals surface area contributed by atoms with E-state index < -0.39 is 10.0 Å². The first-order chi connectivity index (χ1) is 12.8. The smallest absolute Gasteiger partial charge is 0.240 e. The van der Waals surface area contributed by atoms with Gasteiger partial charge in [0.2, 0.25) is 15.9 Å². The first-order valence-electron chi connectivity index (χ1n) is 9.96. The Morgan fingerprint density at radius 1 is 1.22 bits per heavy atom. The molecule has 2 aliphatic heterocycles. The highest BCUT2D eigenvalue weighted by molar-refractivity contribution is 7.89. The number of hydrogen-bond donors (Lipinski definition) is 1. The Morgan fingerprint density at radius 2 is 2.00 bits per heavy atom. The third-order valence-electron chi connectivity index (χ3n) is 5.77. The number of benzene rings is 1. The third kappa shape index (κ3) is 4.52. The molecule has 3 rings (SSSR count). The Balaban J connectivity index is 1.59. The maximum atomic E-state index is 12.6. The minimum absolute atomic E-state index is 0.0121. The molecule has 1 aromatic carbocycles. The van der Waals surface area contributed by atoms with Gasteiger partial charge in [-0.3, -0.25) is 4.79 Å². The number of carbonyl (C=O) groups excluding carboxylic acids is 1. The second-order valence-electron chi connectivity index (χ2n) is 7.86. The fourth-order valence-corrected chi connectivity index (χ4v) is 5.44. The van der Waals surface area contributed by atoms with Gasteiger partial charge in [-0.2, -0.15) is 0 Å². The van der Waals surface area contributed by atoms with Crippen LogP contribution in [-0.2, 0) is 21.2 Å². The summed E-state index contributed by atoms with van der Waals surface area (Å²) in [5.41, 5.74) is 1.75. The Bertz CT molecular complexity index is 794. The fraction of sp³-hybridized carbons (Fsp3) is 0.650. The molecule has 2 atom stereocenters. The fourth-order valence-electron chi connectivity index (χ4n) is 4.32. The highest BCUT2D eigenvalue weighted by Gasteiger charge is 2.30. The van der Waals surface area contributed by atoms with E-state index in [2.05, 4.69) is 16.5 Å². The molecule has 2 unspecified atom stereocenters. The van der Waals surface area contributed by atoms with Crippen molar-refractivity contribution in [3.63, 3.8) is 0 Å². The summed E-state index contributed by atoms with van der Waals surface area (Å²) >= 11 is 0. The van der Waals surface area contributed by atoms with E-state index in [1.54, 1.807) is 30.0 Å². The summed E-state index contributed by atoms with van der Waals surface area (Å²) in [7, 11) is -3.53. The van der Waals surface area contributed by atoms with E-state index in [0.29, 0.717) is 19.0 Å². The molecule has 1 saturated heterocycles. The van der Waals surface area contributed by atoms with Crippen LogP contribution in [-0.4, -0.2) is 50.9 Å². The highest BCUT2D eigenvalue weighted by atomic mass is 32.2. The number of likely N-dealkylation sites (tertiary alicyclic amines) is 1. The largest absolute Gasteiger partial charge is 0.309 e. The number of fused-ring (bicyclic) bond motifs is 1. The van der Waals surface area contributed by atoms with Gasteiger partial charge in [0.05, 0.1) is 4.90 Å². The van der Waals surface area contributed by atoms with Gasteiger partial charge in [-0.15, -0.1) is 0 Å². The van der Waals surface area contributed by atoms with Crippen molar-refractivity contribution >= 4 is 21.6 Å². The normalized spacial score (nSPS) is 23.4. The zero-order chi connectivity index (χ0) is 19.6. The average Bonchev–Trinajstić information content (AvgIpc) is 2.95. The van der Waals surface area contributed by atoms with E-state index in [4.69, 9.17) is 0 Å². The van der Waals surface area contributed by atoms with Crippen molar-refractivity contribution in [1.29, 1.82) is 0 Å². The van der Waals surface area contributed by atoms with Crippen LogP contribution in [0.25, 0.3) is 0 Å². The molecule has 150 valence electrons. The number of anilines is 1. The predicted octanol–water partition coefficient (Wildman–Crippen LogP) is 2.53. The summed E-state index contributed by atoms with van der Waals surface area (Å²) in [6.45, 7) is 8.26. The number of rotatable bonds is 6. The maximum absolute atomic E-state index is 12.6. The number of nitrogens with zero attached hydrogens (tertiary/aromatic N) is 2. The van der Waals surface area contributed by atoms with Crippen molar-refractivity contribution in [3.05, 3.63) is 23.8 Å². The summed E-state index contributed by atoms with van der Waals surface area (Å²) in [6, 6.07) is 5.73. The molecule has 7 heteroatoms. The van der Waals surface area contributed by atoms with E-state index in [9.17, 15) is 13.2 Å². The Labute approximate surface area is 163 Å². The molecule has 1 N–H and O–H groups in total. The minimum Gasteiger partial charge on any atom is -0.309 e. The van der Waals surface area contributed by atoms with Crippen molar-refractivity contribution in [2.24, 2.45) is 0 Å². The van der Waals surface area contributed by atoms with Crippen LogP contribution < -0.4 is 9.62 Å². The van der Waals surface area contributed by atoms with Crippen LogP contribution in [0.4, 0.5) is 5.69 Å². The third-order valence-corrected chi connectivity index (χ3v) is 7.23. The number of carbonyl (C=O) groups is 1. The van der Waals surface area contributed by atoms with Crippen LogP contribution in [0.3, 0.4) is 0 Å². The van der Waals surface area contributed by atoms with Gasteiger partial charge in [-0.05, 0) is 76.4 Å². The molecule has 1 amide bonds. The number of nitrogens with one attached hydrogen (secondary N) is 1. The van der Waals surface area contributed by atoms with Crippen LogP contribution in [0.15, 0.2) is 23.1 Å². The second kappa shape index (κ2) is 8.29. The number of amides is 1.